The minimum Gasteiger partial charge on any atom is -0.481 e. The molecule has 1 aliphatic rings. The molecular weight excluding hydrogens is 412 g/mol. The zero-order chi connectivity index (χ0) is 22.7. The summed E-state index contributed by atoms with van der Waals surface area (Å²) in [7, 11) is 1.73. The van der Waals surface area contributed by atoms with Gasteiger partial charge in [-0.05, 0) is 22.3 Å². The second-order valence-corrected chi connectivity index (χ2v) is 7.53. The Labute approximate surface area is 184 Å². The fraction of sp³-hybridized carbons (Fsp3) is 0.217. The minimum absolute atomic E-state index is 0.0571. The van der Waals surface area contributed by atoms with E-state index in [1.54, 1.807) is 17.8 Å². The maximum Gasteiger partial charge on any atom is 0.407 e. The lowest BCUT2D eigenvalue weighted by Crippen LogP contribution is -2.45. The first kappa shape index (κ1) is 21.1. The van der Waals surface area contributed by atoms with Gasteiger partial charge < -0.3 is 25.0 Å². The Kier molecular flexibility index (Phi) is 5.89. The van der Waals surface area contributed by atoms with Gasteiger partial charge in [0.15, 0.2) is 5.82 Å². The van der Waals surface area contributed by atoms with Crippen LogP contribution in [0.25, 0.3) is 11.1 Å². The molecule has 4 rings (SSSR count). The Balaban J connectivity index is 1.42. The molecule has 0 saturated heterocycles. The summed E-state index contributed by atoms with van der Waals surface area (Å²) in [5.74, 6) is -1.82. The number of hydrogen-bond donors (Lipinski definition) is 3. The van der Waals surface area contributed by atoms with E-state index < -0.39 is 30.4 Å². The molecule has 0 radical (unpaired) electrons. The highest BCUT2D eigenvalue weighted by Gasteiger charge is 2.30. The first-order valence-corrected chi connectivity index (χ1v) is 10.0. The lowest BCUT2D eigenvalue weighted by atomic mass is 9.98. The molecule has 3 N–H and O–H groups in total. The number of aryl methyl sites for hydroxylation is 1. The summed E-state index contributed by atoms with van der Waals surface area (Å²) in [6.45, 7) is 0.0571. The number of carboxylic acid groups (broad SMARTS) is 1. The Bertz CT molecular complexity index is 1130. The van der Waals surface area contributed by atoms with Crippen LogP contribution >= 0.6 is 0 Å². The lowest BCUT2D eigenvalue weighted by molar-refractivity contribution is -0.139. The number of carbonyl (C=O) groups is 3. The number of amides is 2. The Morgan fingerprint density at radius 3 is 2.28 bits per heavy atom. The van der Waals surface area contributed by atoms with Crippen LogP contribution < -0.4 is 10.6 Å². The quantitative estimate of drug-likeness (QED) is 0.526. The SMILES string of the molecule is Cn1cnc(NC(=O)C(CC(=O)O)NC(=O)OCC2c3ccccc3-c3ccccc32)c1. The summed E-state index contributed by atoms with van der Waals surface area (Å²) in [6, 6.07) is 14.5. The van der Waals surface area contributed by atoms with Crippen molar-refractivity contribution in [2.45, 2.75) is 18.4 Å². The minimum atomic E-state index is -1.31. The normalized spacial score (nSPS) is 13.0. The van der Waals surface area contributed by atoms with E-state index in [2.05, 4.69) is 15.6 Å². The van der Waals surface area contributed by atoms with E-state index in [1.165, 1.54) is 6.33 Å². The maximum atomic E-state index is 12.5. The second kappa shape index (κ2) is 8.93. The third-order valence-electron chi connectivity index (χ3n) is 5.29. The Hall–Kier alpha value is -4.14. The molecule has 3 aromatic rings. The molecule has 1 unspecified atom stereocenters. The molecule has 0 aliphatic heterocycles. The van der Waals surface area contributed by atoms with Crippen LogP contribution in [-0.4, -0.2) is 45.3 Å². The van der Waals surface area contributed by atoms with Crippen LogP contribution in [0.5, 0.6) is 0 Å². The summed E-state index contributed by atoms with van der Waals surface area (Å²) in [4.78, 5) is 40.1. The Morgan fingerprint density at radius 1 is 1.09 bits per heavy atom. The number of ether oxygens (including phenoxy) is 1. The number of carboxylic acids is 1. The van der Waals surface area contributed by atoms with E-state index in [9.17, 15) is 14.4 Å². The van der Waals surface area contributed by atoms with Crippen molar-refractivity contribution in [1.29, 1.82) is 0 Å². The van der Waals surface area contributed by atoms with Crippen molar-refractivity contribution in [3.63, 3.8) is 0 Å². The molecule has 1 aliphatic carbocycles. The number of fused-ring (bicyclic) bond motifs is 3. The summed E-state index contributed by atoms with van der Waals surface area (Å²) >= 11 is 0. The third-order valence-corrected chi connectivity index (χ3v) is 5.29. The molecule has 1 aromatic heterocycles. The van der Waals surface area contributed by atoms with E-state index in [-0.39, 0.29) is 18.3 Å². The smallest absolute Gasteiger partial charge is 0.407 e. The monoisotopic (exact) mass is 434 g/mol. The number of alkyl carbamates (subject to hydrolysis) is 1. The molecule has 164 valence electrons. The molecule has 1 atom stereocenters. The van der Waals surface area contributed by atoms with Crippen molar-refractivity contribution in [2.24, 2.45) is 7.05 Å². The van der Waals surface area contributed by atoms with Crippen LogP contribution in [0, 0.1) is 0 Å². The van der Waals surface area contributed by atoms with Crippen molar-refractivity contribution >= 4 is 23.8 Å². The molecule has 2 amide bonds. The van der Waals surface area contributed by atoms with E-state index in [0.717, 1.165) is 22.3 Å². The van der Waals surface area contributed by atoms with Crippen LogP contribution in [0.1, 0.15) is 23.5 Å². The van der Waals surface area contributed by atoms with E-state index >= 15 is 0 Å². The standard InChI is InChI=1S/C23H22N4O5/c1-27-11-20(24-13-27)26-22(30)19(10-21(28)29)25-23(31)32-12-18-16-8-4-2-6-14(16)15-7-3-5-9-17(15)18/h2-9,11,13,18-19H,10,12H2,1H3,(H,25,31)(H,26,30)(H,28,29). The van der Waals surface area contributed by atoms with E-state index in [4.69, 9.17) is 9.84 Å². The van der Waals surface area contributed by atoms with Crippen LogP contribution in [0.2, 0.25) is 0 Å². The highest BCUT2D eigenvalue weighted by Crippen LogP contribution is 2.44. The zero-order valence-electron chi connectivity index (χ0n) is 17.3. The average Bonchev–Trinajstić information content (AvgIpc) is 3.32. The molecule has 0 bridgehead atoms. The largest absolute Gasteiger partial charge is 0.481 e. The number of rotatable bonds is 7. The number of nitrogens with zero attached hydrogens (tertiary/aromatic N) is 2. The van der Waals surface area contributed by atoms with Crippen molar-refractivity contribution in [2.75, 3.05) is 11.9 Å². The number of aliphatic carboxylic acids is 1. The molecule has 1 heterocycles. The fourth-order valence-electron chi connectivity index (χ4n) is 3.86. The van der Waals surface area contributed by atoms with Crippen molar-refractivity contribution in [1.82, 2.24) is 14.9 Å². The molecule has 32 heavy (non-hydrogen) atoms. The average molecular weight is 434 g/mol. The van der Waals surface area contributed by atoms with Crippen molar-refractivity contribution in [3.05, 3.63) is 72.2 Å². The van der Waals surface area contributed by atoms with Crippen molar-refractivity contribution in [3.8, 4) is 11.1 Å². The van der Waals surface area contributed by atoms with Gasteiger partial charge in [-0.3, -0.25) is 9.59 Å². The molecule has 0 saturated carbocycles. The van der Waals surface area contributed by atoms with Crippen LogP contribution in [-0.2, 0) is 21.4 Å². The maximum absolute atomic E-state index is 12.5. The van der Waals surface area contributed by atoms with Gasteiger partial charge in [-0.25, -0.2) is 9.78 Å². The van der Waals surface area contributed by atoms with Gasteiger partial charge in [0.25, 0.3) is 0 Å². The number of carbonyl (C=O) groups excluding carboxylic acids is 2. The van der Waals surface area contributed by atoms with Gasteiger partial charge in [0.2, 0.25) is 5.91 Å². The second-order valence-electron chi connectivity index (χ2n) is 7.53. The molecule has 0 spiro atoms. The summed E-state index contributed by atoms with van der Waals surface area (Å²) in [5.41, 5.74) is 4.29. The van der Waals surface area contributed by atoms with Crippen molar-refractivity contribution < 1.29 is 24.2 Å². The third kappa shape index (κ3) is 4.46. The number of anilines is 1. The van der Waals surface area contributed by atoms with E-state index in [0.29, 0.717) is 0 Å². The molecular formula is C23H22N4O5. The van der Waals surface area contributed by atoms with Crippen LogP contribution in [0.3, 0.4) is 0 Å². The Morgan fingerprint density at radius 2 is 1.72 bits per heavy atom. The number of nitrogens with one attached hydrogen (secondary N) is 2. The van der Waals surface area contributed by atoms with Crippen LogP contribution in [0.15, 0.2) is 61.1 Å². The number of aromatic nitrogens is 2. The lowest BCUT2D eigenvalue weighted by Gasteiger charge is -2.18. The number of imidazole rings is 1. The molecule has 9 heteroatoms. The van der Waals surface area contributed by atoms with Gasteiger partial charge in [-0.1, -0.05) is 48.5 Å². The number of benzene rings is 2. The highest BCUT2D eigenvalue weighted by atomic mass is 16.5. The summed E-state index contributed by atoms with van der Waals surface area (Å²) < 4.78 is 7.04. The van der Waals surface area contributed by atoms with Gasteiger partial charge in [-0.2, -0.15) is 0 Å². The number of hydrogen-bond acceptors (Lipinski definition) is 5. The molecule has 9 nitrogen and oxygen atoms in total. The predicted octanol–water partition coefficient (Wildman–Crippen LogP) is 2.74. The van der Waals surface area contributed by atoms with Gasteiger partial charge in [0.1, 0.15) is 12.6 Å². The summed E-state index contributed by atoms with van der Waals surface area (Å²) in [6.07, 6.45) is 1.58. The van der Waals surface area contributed by atoms with Gasteiger partial charge in [-0.15, -0.1) is 0 Å². The molecule has 0 fully saturated rings. The van der Waals surface area contributed by atoms with E-state index in [1.807, 2.05) is 48.5 Å². The predicted molar refractivity (Wildman–Crippen MR) is 116 cm³/mol. The zero-order valence-corrected chi connectivity index (χ0v) is 17.3. The van der Waals surface area contributed by atoms with Gasteiger partial charge >= 0.3 is 12.1 Å². The van der Waals surface area contributed by atoms with Crippen LogP contribution in [0.4, 0.5) is 10.6 Å². The van der Waals surface area contributed by atoms with Gasteiger partial charge in [0, 0.05) is 19.2 Å². The first-order chi connectivity index (χ1) is 15.4. The topological polar surface area (TPSA) is 123 Å². The fourth-order valence-corrected chi connectivity index (χ4v) is 3.86. The highest BCUT2D eigenvalue weighted by molar-refractivity contribution is 5.97. The molecule has 2 aromatic carbocycles. The van der Waals surface area contributed by atoms with Gasteiger partial charge in [0.05, 0.1) is 12.7 Å². The summed E-state index contributed by atoms with van der Waals surface area (Å²) in [5, 5.41) is 14.0. The first-order valence-electron chi connectivity index (χ1n) is 10.0.